The van der Waals surface area contributed by atoms with E-state index >= 15 is 0 Å². The molecule has 0 fully saturated rings. The summed E-state index contributed by atoms with van der Waals surface area (Å²) in [6.07, 6.45) is 0.872. The van der Waals surface area contributed by atoms with Crippen LogP contribution in [0.5, 0.6) is 0 Å². The second-order valence-electron chi connectivity index (χ2n) is 4.67. The molecule has 1 aromatic carbocycles. The summed E-state index contributed by atoms with van der Waals surface area (Å²) in [7, 11) is 0. The van der Waals surface area contributed by atoms with E-state index in [1.54, 1.807) is 6.92 Å². The third-order valence-electron chi connectivity index (χ3n) is 2.63. The number of aliphatic hydroxyl groups is 1. The monoisotopic (exact) mass is 321 g/mol. The summed E-state index contributed by atoms with van der Waals surface area (Å²) in [6.45, 7) is 4.64. The molecule has 0 aromatic heterocycles. The van der Waals surface area contributed by atoms with Crippen LogP contribution in [0.25, 0.3) is 0 Å². The van der Waals surface area contributed by atoms with Gasteiger partial charge in [-0.25, -0.2) is 8.78 Å². The van der Waals surface area contributed by atoms with Gasteiger partial charge >= 0.3 is 0 Å². The molecule has 2 N–H and O–H groups in total. The summed E-state index contributed by atoms with van der Waals surface area (Å²) >= 11 is 3.01. The third-order valence-corrected chi connectivity index (χ3v) is 3.24. The van der Waals surface area contributed by atoms with Gasteiger partial charge in [-0.3, -0.25) is 0 Å². The fraction of sp³-hybridized carbons (Fsp3) is 0.538. The van der Waals surface area contributed by atoms with Gasteiger partial charge in [-0.2, -0.15) is 0 Å². The van der Waals surface area contributed by atoms with Gasteiger partial charge in [0.05, 0.1) is 10.1 Å². The van der Waals surface area contributed by atoms with E-state index in [1.807, 2.05) is 6.92 Å². The minimum atomic E-state index is -1.18. The van der Waals surface area contributed by atoms with Gasteiger partial charge < -0.3 is 10.4 Å². The smallest absolute Gasteiger partial charge is 0.143 e. The standard InChI is InChI=1S/C13H18BrF2NO/c1-3-6-17-8-13(2,18)7-9-11(15)5-4-10(14)12(9)16/h4-5,17-18H,3,6-8H2,1-2H3. The van der Waals surface area contributed by atoms with Gasteiger partial charge in [0.1, 0.15) is 11.6 Å². The highest BCUT2D eigenvalue weighted by Gasteiger charge is 2.25. The van der Waals surface area contributed by atoms with Crippen molar-refractivity contribution in [3.8, 4) is 0 Å². The number of halogens is 3. The maximum Gasteiger partial charge on any atom is 0.143 e. The van der Waals surface area contributed by atoms with E-state index in [1.165, 1.54) is 12.1 Å². The molecule has 0 aliphatic heterocycles. The quantitative estimate of drug-likeness (QED) is 0.623. The van der Waals surface area contributed by atoms with Crippen LogP contribution in [0.4, 0.5) is 8.78 Å². The predicted molar refractivity (Wildman–Crippen MR) is 71.5 cm³/mol. The fourth-order valence-electron chi connectivity index (χ4n) is 1.71. The van der Waals surface area contributed by atoms with Crippen molar-refractivity contribution < 1.29 is 13.9 Å². The molecular weight excluding hydrogens is 304 g/mol. The Morgan fingerprint density at radius 1 is 1.39 bits per heavy atom. The van der Waals surface area contributed by atoms with Crippen molar-refractivity contribution in [3.63, 3.8) is 0 Å². The lowest BCUT2D eigenvalue weighted by Crippen LogP contribution is -2.40. The molecule has 0 bridgehead atoms. The zero-order valence-electron chi connectivity index (χ0n) is 10.6. The van der Waals surface area contributed by atoms with Crippen molar-refractivity contribution >= 4 is 15.9 Å². The maximum absolute atomic E-state index is 13.8. The first kappa shape index (κ1) is 15.5. The average molecular weight is 322 g/mol. The fourth-order valence-corrected chi connectivity index (χ4v) is 2.08. The van der Waals surface area contributed by atoms with Gasteiger partial charge in [0.15, 0.2) is 0 Å². The highest BCUT2D eigenvalue weighted by Crippen LogP contribution is 2.25. The first-order chi connectivity index (χ1) is 8.37. The molecule has 0 spiro atoms. The Labute approximate surface area is 115 Å². The first-order valence-electron chi connectivity index (χ1n) is 5.93. The van der Waals surface area contributed by atoms with Gasteiger partial charge in [-0.15, -0.1) is 0 Å². The topological polar surface area (TPSA) is 32.3 Å². The van der Waals surface area contributed by atoms with E-state index in [9.17, 15) is 13.9 Å². The molecule has 1 atom stereocenters. The minimum Gasteiger partial charge on any atom is -0.389 e. The SMILES string of the molecule is CCCNCC(C)(O)Cc1c(F)ccc(Br)c1F. The summed E-state index contributed by atoms with van der Waals surface area (Å²) in [5.41, 5.74) is -1.27. The Kier molecular flexibility index (Phi) is 5.69. The Bertz CT molecular complexity index is 410. The number of rotatable bonds is 6. The Morgan fingerprint density at radius 3 is 2.67 bits per heavy atom. The summed E-state index contributed by atoms with van der Waals surface area (Å²) in [6, 6.07) is 2.51. The lowest BCUT2D eigenvalue weighted by atomic mass is 9.95. The van der Waals surface area contributed by atoms with Gasteiger partial charge in [0, 0.05) is 18.5 Å². The number of hydrogen-bond acceptors (Lipinski definition) is 2. The lowest BCUT2D eigenvalue weighted by molar-refractivity contribution is 0.0585. The minimum absolute atomic E-state index is 0.0686. The van der Waals surface area contributed by atoms with Crippen LogP contribution in [-0.4, -0.2) is 23.8 Å². The van der Waals surface area contributed by atoms with Gasteiger partial charge in [-0.05, 0) is 48.0 Å². The maximum atomic E-state index is 13.8. The molecule has 2 nitrogen and oxygen atoms in total. The molecule has 18 heavy (non-hydrogen) atoms. The van der Waals surface area contributed by atoms with Crippen molar-refractivity contribution in [2.75, 3.05) is 13.1 Å². The first-order valence-corrected chi connectivity index (χ1v) is 6.72. The zero-order chi connectivity index (χ0) is 13.8. The molecule has 1 aromatic rings. The molecule has 0 saturated heterocycles. The molecule has 0 aliphatic carbocycles. The van der Waals surface area contributed by atoms with Crippen molar-refractivity contribution in [2.24, 2.45) is 0 Å². The van der Waals surface area contributed by atoms with E-state index in [0.29, 0.717) is 6.54 Å². The number of hydrogen-bond donors (Lipinski definition) is 2. The van der Waals surface area contributed by atoms with Crippen molar-refractivity contribution in [1.82, 2.24) is 5.32 Å². The average Bonchev–Trinajstić information content (AvgIpc) is 2.30. The molecule has 1 rings (SSSR count). The van der Waals surface area contributed by atoms with Gasteiger partial charge in [0.25, 0.3) is 0 Å². The Morgan fingerprint density at radius 2 is 2.06 bits per heavy atom. The second kappa shape index (κ2) is 6.59. The third kappa shape index (κ3) is 4.30. The van der Waals surface area contributed by atoms with E-state index in [-0.39, 0.29) is 16.5 Å². The Balaban J connectivity index is 2.80. The molecular formula is C13H18BrF2NO. The lowest BCUT2D eigenvalue weighted by Gasteiger charge is -2.24. The van der Waals surface area contributed by atoms with Gasteiger partial charge in [0.2, 0.25) is 0 Å². The molecule has 0 heterocycles. The summed E-state index contributed by atoms with van der Waals surface area (Å²) in [5.74, 6) is -1.28. The molecule has 0 saturated carbocycles. The van der Waals surface area contributed by atoms with E-state index in [0.717, 1.165) is 13.0 Å². The van der Waals surface area contributed by atoms with Crippen LogP contribution in [0, 0.1) is 11.6 Å². The van der Waals surface area contributed by atoms with Gasteiger partial charge in [-0.1, -0.05) is 6.92 Å². The van der Waals surface area contributed by atoms with Crippen LogP contribution in [0.2, 0.25) is 0 Å². The largest absolute Gasteiger partial charge is 0.389 e. The van der Waals surface area contributed by atoms with Crippen molar-refractivity contribution in [3.05, 3.63) is 33.8 Å². The van der Waals surface area contributed by atoms with E-state index in [2.05, 4.69) is 21.2 Å². The highest BCUT2D eigenvalue weighted by atomic mass is 79.9. The molecule has 0 aliphatic rings. The second-order valence-corrected chi connectivity index (χ2v) is 5.53. The van der Waals surface area contributed by atoms with Crippen molar-refractivity contribution in [2.45, 2.75) is 32.3 Å². The number of nitrogens with one attached hydrogen (secondary N) is 1. The summed E-state index contributed by atoms with van der Waals surface area (Å²) < 4.78 is 27.5. The van der Waals surface area contributed by atoms with Crippen molar-refractivity contribution in [1.29, 1.82) is 0 Å². The number of benzene rings is 1. The molecule has 102 valence electrons. The van der Waals surface area contributed by atoms with Crippen LogP contribution in [0.15, 0.2) is 16.6 Å². The summed E-state index contributed by atoms with van der Waals surface area (Å²) in [5, 5.41) is 13.2. The Hall–Kier alpha value is -0.520. The molecule has 1 unspecified atom stereocenters. The van der Waals surface area contributed by atoms with Crippen LogP contribution in [0.1, 0.15) is 25.8 Å². The van der Waals surface area contributed by atoms with Crippen LogP contribution in [0.3, 0.4) is 0 Å². The van der Waals surface area contributed by atoms with E-state index < -0.39 is 17.2 Å². The van der Waals surface area contributed by atoms with Crippen LogP contribution < -0.4 is 5.32 Å². The highest BCUT2D eigenvalue weighted by molar-refractivity contribution is 9.10. The predicted octanol–water partition coefficient (Wildman–Crippen LogP) is 3.02. The zero-order valence-corrected chi connectivity index (χ0v) is 12.2. The molecule has 5 heteroatoms. The normalized spacial score (nSPS) is 14.6. The van der Waals surface area contributed by atoms with Crippen LogP contribution in [-0.2, 0) is 6.42 Å². The summed E-state index contributed by atoms with van der Waals surface area (Å²) in [4.78, 5) is 0. The molecule has 0 radical (unpaired) electrons. The molecule has 0 amide bonds. The van der Waals surface area contributed by atoms with E-state index in [4.69, 9.17) is 0 Å². The van der Waals surface area contributed by atoms with Crippen LogP contribution >= 0.6 is 15.9 Å².